The number of benzene rings is 2. The van der Waals surface area contributed by atoms with Crippen LogP contribution in [0.2, 0.25) is 0 Å². The van der Waals surface area contributed by atoms with Crippen LogP contribution in [0.1, 0.15) is 82.0 Å². The van der Waals surface area contributed by atoms with Crippen molar-refractivity contribution in [2.75, 3.05) is 36.0 Å². The van der Waals surface area contributed by atoms with Gasteiger partial charge in [0.1, 0.15) is 23.8 Å². The second-order valence-corrected chi connectivity index (χ2v) is 13.9. The van der Waals surface area contributed by atoms with E-state index in [0.29, 0.717) is 53.9 Å². The first-order valence-electron chi connectivity index (χ1n) is 17.6. The summed E-state index contributed by atoms with van der Waals surface area (Å²) < 4.78 is 41.9. The highest BCUT2D eigenvalue weighted by Gasteiger charge is 2.45. The summed E-state index contributed by atoms with van der Waals surface area (Å²) in [7, 11) is 1.58. The SMILES string of the molecule is C[C@@H](Nc1ncnc2c1cc(C1CCN(C(=O)CNc3cccc4c3C(=O)N(C3CCC(=O)NC3=O)C4=O)CC1)c(=O)n2C)c1cc(N)cc(C(F)(F)F)c1. The van der Waals surface area contributed by atoms with E-state index in [9.17, 15) is 41.9 Å². The molecule has 0 saturated carbocycles. The zero-order valence-corrected chi connectivity index (χ0v) is 29.7. The van der Waals surface area contributed by atoms with E-state index < -0.39 is 47.5 Å². The van der Waals surface area contributed by atoms with Crippen molar-refractivity contribution in [3.63, 3.8) is 0 Å². The molecule has 0 bridgehead atoms. The van der Waals surface area contributed by atoms with Crippen LogP contribution in [0.4, 0.5) is 30.4 Å². The number of aromatic nitrogens is 3. The van der Waals surface area contributed by atoms with Gasteiger partial charge in [-0.2, -0.15) is 13.2 Å². The Kier molecular flexibility index (Phi) is 9.52. The number of nitrogen functional groups attached to an aromatic ring is 1. The van der Waals surface area contributed by atoms with Crippen molar-refractivity contribution in [1.82, 2.24) is 29.7 Å². The molecule has 3 aliphatic heterocycles. The molecule has 5 heterocycles. The van der Waals surface area contributed by atoms with Crippen molar-refractivity contribution < 1.29 is 37.1 Å². The lowest BCUT2D eigenvalue weighted by atomic mass is 9.89. The number of likely N-dealkylation sites (tertiary alicyclic amines) is 1. The number of pyridine rings is 1. The van der Waals surface area contributed by atoms with Crippen LogP contribution in [0, 0.1) is 0 Å². The summed E-state index contributed by atoms with van der Waals surface area (Å²) in [4.78, 5) is 88.7. The topological polar surface area (TPSA) is 202 Å². The maximum atomic E-state index is 13.6. The molecule has 2 aromatic heterocycles. The molecule has 3 aliphatic rings. The zero-order chi connectivity index (χ0) is 39.3. The zero-order valence-electron chi connectivity index (χ0n) is 29.7. The summed E-state index contributed by atoms with van der Waals surface area (Å²) in [5.74, 6) is -2.73. The Labute approximate surface area is 311 Å². The Morgan fingerprint density at radius 1 is 1.02 bits per heavy atom. The molecule has 2 saturated heterocycles. The van der Waals surface area contributed by atoms with Crippen LogP contribution in [0.25, 0.3) is 11.0 Å². The molecule has 5 amide bonds. The summed E-state index contributed by atoms with van der Waals surface area (Å²) in [6.45, 7) is 2.13. The third-order valence-electron chi connectivity index (χ3n) is 10.4. The van der Waals surface area contributed by atoms with Crippen LogP contribution in [-0.2, 0) is 27.6 Å². The van der Waals surface area contributed by atoms with Crippen molar-refractivity contribution in [2.24, 2.45) is 7.05 Å². The molecule has 7 rings (SSSR count). The molecular formula is C37H36F3N9O6. The molecule has 15 nitrogen and oxygen atoms in total. The number of halogens is 3. The normalized spacial score (nSPS) is 18.4. The minimum Gasteiger partial charge on any atom is -0.399 e. The first-order valence-corrected chi connectivity index (χ1v) is 17.6. The maximum absolute atomic E-state index is 13.6. The quantitative estimate of drug-likeness (QED) is 0.152. The molecule has 0 spiro atoms. The molecule has 2 atom stereocenters. The lowest BCUT2D eigenvalue weighted by Gasteiger charge is -2.32. The minimum atomic E-state index is -4.58. The van der Waals surface area contributed by atoms with Crippen LogP contribution in [0.3, 0.4) is 0 Å². The van der Waals surface area contributed by atoms with Gasteiger partial charge in [0.2, 0.25) is 17.7 Å². The van der Waals surface area contributed by atoms with Crippen molar-refractivity contribution >= 4 is 57.8 Å². The fourth-order valence-electron chi connectivity index (χ4n) is 7.46. The second kappa shape index (κ2) is 14.1. The number of aryl methyl sites for hydroxylation is 1. The number of piperidine rings is 2. The van der Waals surface area contributed by atoms with Gasteiger partial charge in [0.05, 0.1) is 34.7 Å². The average Bonchev–Trinajstić information content (AvgIpc) is 3.40. The fraction of sp³-hybridized carbons (Fsp3) is 0.351. The maximum Gasteiger partial charge on any atom is 0.416 e. The summed E-state index contributed by atoms with van der Waals surface area (Å²) in [6, 6.07) is 7.87. The van der Waals surface area contributed by atoms with E-state index in [1.807, 2.05) is 0 Å². The predicted molar refractivity (Wildman–Crippen MR) is 193 cm³/mol. The average molecular weight is 760 g/mol. The Hall–Kier alpha value is -6.33. The molecule has 286 valence electrons. The summed E-state index contributed by atoms with van der Waals surface area (Å²) in [6.07, 6.45) is -2.40. The number of hydrogen-bond donors (Lipinski definition) is 4. The van der Waals surface area contributed by atoms with Crippen LogP contribution in [0.15, 0.2) is 53.6 Å². The van der Waals surface area contributed by atoms with Crippen LogP contribution in [0.5, 0.6) is 0 Å². The summed E-state index contributed by atoms with van der Waals surface area (Å²) in [5, 5.41) is 8.79. The molecule has 55 heavy (non-hydrogen) atoms. The lowest BCUT2D eigenvalue weighted by molar-refractivity contribution is -0.138. The number of anilines is 3. The Balaban J connectivity index is 1.03. The summed E-state index contributed by atoms with van der Waals surface area (Å²) >= 11 is 0. The number of imide groups is 2. The van der Waals surface area contributed by atoms with E-state index >= 15 is 0 Å². The number of carbonyl (C=O) groups is 5. The van der Waals surface area contributed by atoms with E-state index in [1.165, 1.54) is 23.0 Å². The molecular weight excluding hydrogens is 723 g/mol. The van der Waals surface area contributed by atoms with E-state index in [2.05, 4.69) is 25.9 Å². The highest BCUT2D eigenvalue weighted by atomic mass is 19.4. The molecule has 2 aromatic carbocycles. The van der Waals surface area contributed by atoms with E-state index in [4.69, 9.17) is 5.73 Å². The highest BCUT2D eigenvalue weighted by Crippen LogP contribution is 2.35. The van der Waals surface area contributed by atoms with Gasteiger partial charge in [-0.1, -0.05) is 6.07 Å². The Morgan fingerprint density at radius 3 is 2.47 bits per heavy atom. The van der Waals surface area contributed by atoms with Gasteiger partial charge in [-0.3, -0.25) is 43.6 Å². The smallest absolute Gasteiger partial charge is 0.399 e. The van der Waals surface area contributed by atoms with Gasteiger partial charge in [-0.05, 0) is 74.1 Å². The largest absolute Gasteiger partial charge is 0.416 e. The standard InChI is InChI=1S/C37H36F3N9O6/c1-18(20-12-21(37(38,39)40)14-22(41)13-20)45-31-25-15-24(34(53)47(2)32(25)44-17-43-31)19-8-10-48(11-9-19)29(51)16-42-26-5-3-4-23-30(26)36(55)49(35(23)54)27-6-7-28(50)46-33(27)52/h3-5,12-15,17-19,27,42H,6-11,16,41H2,1-2H3,(H,43,44,45)(H,46,50,52)/t18-,27?/m1/s1. The number of alkyl halides is 3. The first-order chi connectivity index (χ1) is 26.1. The molecule has 0 aliphatic carbocycles. The lowest BCUT2D eigenvalue weighted by Crippen LogP contribution is -2.54. The number of fused-ring (bicyclic) bond motifs is 2. The van der Waals surface area contributed by atoms with Gasteiger partial charge < -0.3 is 21.3 Å². The summed E-state index contributed by atoms with van der Waals surface area (Å²) in [5.41, 5.74) is 6.10. The molecule has 5 N–H and O–H groups in total. The van der Waals surface area contributed by atoms with Crippen molar-refractivity contribution in [3.05, 3.63) is 87.0 Å². The monoisotopic (exact) mass is 759 g/mol. The van der Waals surface area contributed by atoms with Crippen molar-refractivity contribution in [1.29, 1.82) is 0 Å². The molecule has 2 fully saturated rings. The first kappa shape index (κ1) is 37.0. The number of nitrogens with one attached hydrogen (secondary N) is 3. The van der Waals surface area contributed by atoms with Crippen LogP contribution < -0.4 is 27.2 Å². The Morgan fingerprint density at radius 2 is 1.76 bits per heavy atom. The van der Waals surface area contributed by atoms with Gasteiger partial charge in [0.15, 0.2) is 0 Å². The van der Waals surface area contributed by atoms with Crippen LogP contribution >= 0.6 is 0 Å². The minimum absolute atomic E-state index is 0.00979. The van der Waals surface area contributed by atoms with Crippen LogP contribution in [-0.4, -0.2) is 79.5 Å². The number of carbonyl (C=O) groups excluding carboxylic acids is 5. The molecule has 1 unspecified atom stereocenters. The Bertz CT molecular complexity index is 2340. The van der Waals surface area contributed by atoms with Gasteiger partial charge in [-0.25, -0.2) is 9.97 Å². The number of hydrogen-bond acceptors (Lipinski definition) is 11. The molecule has 0 radical (unpaired) electrons. The highest BCUT2D eigenvalue weighted by molar-refractivity contribution is 6.25. The van der Waals surface area contributed by atoms with Gasteiger partial charge >= 0.3 is 6.18 Å². The third-order valence-corrected chi connectivity index (χ3v) is 10.4. The van der Waals surface area contributed by atoms with E-state index in [1.54, 1.807) is 37.1 Å². The van der Waals surface area contributed by atoms with Gasteiger partial charge in [-0.15, -0.1) is 0 Å². The van der Waals surface area contributed by atoms with E-state index in [0.717, 1.165) is 17.0 Å². The molecule has 18 heteroatoms. The molecule has 4 aromatic rings. The number of nitrogens with zero attached hydrogens (tertiary/aromatic N) is 5. The fourth-order valence-corrected chi connectivity index (χ4v) is 7.46. The number of nitrogens with two attached hydrogens (primary N) is 1. The predicted octanol–water partition coefficient (Wildman–Crippen LogP) is 3.32. The van der Waals surface area contributed by atoms with E-state index in [-0.39, 0.29) is 59.3 Å². The van der Waals surface area contributed by atoms with Crippen molar-refractivity contribution in [2.45, 2.75) is 56.8 Å². The third kappa shape index (κ3) is 6.94. The van der Waals surface area contributed by atoms with Crippen molar-refractivity contribution in [3.8, 4) is 0 Å². The van der Waals surface area contributed by atoms with Gasteiger partial charge in [0, 0.05) is 43.5 Å². The van der Waals surface area contributed by atoms with Gasteiger partial charge in [0.25, 0.3) is 17.4 Å². The number of rotatable bonds is 8. The second-order valence-electron chi connectivity index (χ2n) is 13.9. The number of amides is 5.